The molecule has 17 nitrogen and oxygen atoms in total. The molecular formula is C91H174O17P2. The average molecular weight is 1600 g/mol. The molecule has 0 aromatic carbocycles. The molecule has 110 heavy (non-hydrogen) atoms. The molecule has 19 heteroatoms. The van der Waals surface area contributed by atoms with Gasteiger partial charge in [-0.3, -0.25) is 37.3 Å². The largest absolute Gasteiger partial charge is 0.472 e. The molecule has 3 N–H and O–H groups in total. The van der Waals surface area contributed by atoms with Crippen LogP contribution in [0.1, 0.15) is 471 Å². The molecule has 0 fully saturated rings. The second-order valence-corrected chi connectivity index (χ2v) is 35.2. The first-order valence-corrected chi connectivity index (χ1v) is 49.5. The predicted octanol–water partition coefficient (Wildman–Crippen LogP) is 27.9. The standard InChI is InChI=1S/C91H174O17P2/c1-6-10-13-16-19-22-25-28-30-31-32-33-34-38-42-45-50-55-60-65-70-75-89(94)102-81-87(108-91(96)77-72-67-62-57-52-47-43-39-36-35-37-41-44-48-53-58-63-68-73-84(5)9-4)83-106-110(99,100)104-79-85(92)78-103-109(97,98)105-82-86(80-101-88(93)74-69-64-59-54-49-27-24-21-18-15-12-8-3)107-90(95)76-71-66-61-56-51-46-40-29-26-23-20-17-14-11-7-2/h23,26,29,40,84-87,92H,6-22,24-25,27-28,30-39,41-83H2,1-5H3,(H,97,98)(H,99,100)/b26-23-,40-29-/t84?,85-,86+,87+/m0/s1. The van der Waals surface area contributed by atoms with Gasteiger partial charge in [0.2, 0.25) is 0 Å². The molecule has 650 valence electrons. The highest BCUT2D eigenvalue weighted by Gasteiger charge is 2.31. The van der Waals surface area contributed by atoms with Crippen LogP contribution in [0.5, 0.6) is 0 Å². The van der Waals surface area contributed by atoms with Crippen LogP contribution in [0.25, 0.3) is 0 Å². The van der Waals surface area contributed by atoms with Gasteiger partial charge in [0.05, 0.1) is 26.4 Å². The summed E-state index contributed by atoms with van der Waals surface area (Å²) in [7, 11) is -9.95. The average Bonchev–Trinajstić information content (AvgIpc) is 0.899. The second kappa shape index (κ2) is 83.0. The molecule has 0 aliphatic rings. The van der Waals surface area contributed by atoms with Crippen molar-refractivity contribution in [1.29, 1.82) is 0 Å². The zero-order valence-electron chi connectivity index (χ0n) is 71.9. The van der Waals surface area contributed by atoms with Gasteiger partial charge in [-0.1, -0.05) is 418 Å². The number of hydrogen-bond donors (Lipinski definition) is 3. The summed E-state index contributed by atoms with van der Waals surface area (Å²) in [6, 6.07) is 0. The maximum Gasteiger partial charge on any atom is 0.472 e. The number of aliphatic hydroxyl groups excluding tert-OH is 1. The number of hydrogen-bond acceptors (Lipinski definition) is 15. The summed E-state index contributed by atoms with van der Waals surface area (Å²) < 4.78 is 69.0. The number of carbonyl (C=O) groups excluding carboxylic acids is 4. The van der Waals surface area contributed by atoms with Gasteiger partial charge in [0, 0.05) is 25.7 Å². The summed E-state index contributed by atoms with van der Waals surface area (Å²) in [4.78, 5) is 73.4. The van der Waals surface area contributed by atoms with Gasteiger partial charge < -0.3 is 33.8 Å². The van der Waals surface area contributed by atoms with Gasteiger partial charge in [-0.25, -0.2) is 9.13 Å². The minimum absolute atomic E-state index is 0.0859. The third kappa shape index (κ3) is 82.1. The van der Waals surface area contributed by atoms with Crippen molar-refractivity contribution in [3.05, 3.63) is 24.3 Å². The number of esters is 4. The number of rotatable bonds is 89. The van der Waals surface area contributed by atoms with Crippen LogP contribution in [0, 0.1) is 5.92 Å². The maximum absolute atomic E-state index is 13.2. The molecule has 0 rings (SSSR count). The summed E-state index contributed by atoms with van der Waals surface area (Å²) in [5.41, 5.74) is 0. The number of unbranched alkanes of at least 4 members (excludes halogenated alkanes) is 57. The number of phosphoric acid groups is 2. The van der Waals surface area contributed by atoms with Crippen LogP contribution in [-0.2, 0) is 65.4 Å². The molecule has 0 amide bonds. The Hall–Kier alpha value is -2.46. The van der Waals surface area contributed by atoms with Gasteiger partial charge in [0.25, 0.3) is 0 Å². The summed E-state index contributed by atoms with van der Waals surface area (Å²) in [6.07, 6.45) is 81.4. The van der Waals surface area contributed by atoms with Gasteiger partial charge in [-0.05, 0) is 57.3 Å². The Morgan fingerprint density at radius 3 is 0.773 bits per heavy atom. The van der Waals surface area contributed by atoms with Crippen molar-refractivity contribution in [2.75, 3.05) is 39.6 Å². The quantitative estimate of drug-likeness (QED) is 0.0169. The Morgan fingerprint density at radius 2 is 0.509 bits per heavy atom. The monoisotopic (exact) mass is 1600 g/mol. The molecule has 0 saturated heterocycles. The van der Waals surface area contributed by atoms with Gasteiger partial charge in [0.15, 0.2) is 12.2 Å². The zero-order valence-corrected chi connectivity index (χ0v) is 73.7. The number of ether oxygens (including phenoxy) is 4. The van der Waals surface area contributed by atoms with Crippen molar-refractivity contribution in [3.8, 4) is 0 Å². The molecule has 0 heterocycles. The van der Waals surface area contributed by atoms with Crippen LogP contribution in [-0.4, -0.2) is 96.7 Å². The Bertz CT molecular complexity index is 2180. The van der Waals surface area contributed by atoms with Crippen molar-refractivity contribution >= 4 is 39.5 Å². The van der Waals surface area contributed by atoms with E-state index in [0.717, 1.165) is 109 Å². The lowest BCUT2D eigenvalue weighted by atomic mass is 9.99. The lowest BCUT2D eigenvalue weighted by Gasteiger charge is -2.21. The van der Waals surface area contributed by atoms with E-state index in [-0.39, 0.29) is 25.7 Å². The SMILES string of the molecule is CCCCCC/C=C\C=C/CCCCCCCC(=O)O[C@H](COC(=O)CCCCCCCCCCCCCC)COP(=O)(O)OC[C@H](O)COP(=O)(O)OC[C@@H](COC(=O)CCCCCCCCCCCCCCCCCCCCCCC)OC(=O)CCCCCCCCCCCCCCCCCCCCC(C)CC. The van der Waals surface area contributed by atoms with E-state index in [4.69, 9.17) is 37.0 Å². The zero-order chi connectivity index (χ0) is 80.4. The fraction of sp³-hybridized carbons (Fsp3) is 0.912. The lowest BCUT2D eigenvalue weighted by Crippen LogP contribution is -2.30. The number of allylic oxidation sites excluding steroid dienone is 4. The fourth-order valence-electron chi connectivity index (χ4n) is 13.8. The second-order valence-electron chi connectivity index (χ2n) is 32.3. The highest BCUT2D eigenvalue weighted by atomic mass is 31.2. The van der Waals surface area contributed by atoms with E-state index < -0.39 is 97.5 Å². The van der Waals surface area contributed by atoms with Crippen molar-refractivity contribution in [1.82, 2.24) is 0 Å². The Balaban J connectivity index is 5.26. The van der Waals surface area contributed by atoms with Crippen LogP contribution >= 0.6 is 15.6 Å². The van der Waals surface area contributed by atoms with Gasteiger partial charge >= 0.3 is 39.5 Å². The van der Waals surface area contributed by atoms with E-state index in [0.29, 0.717) is 25.7 Å². The van der Waals surface area contributed by atoms with E-state index in [1.165, 1.54) is 283 Å². The van der Waals surface area contributed by atoms with E-state index >= 15 is 0 Å². The maximum atomic E-state index is 13.2. The van der Waals surface area contributed by atoms with Crippen LogP contribution in [0.4, 0.5) is 0 Å². The first kappa shape index (κ1) is 108. The minimum atomic E-state index is -4.97. The van der Waals surface area contributed by atoms with Crippen LogP contribution < -0.4 is 0 Å². The topological polar surface area (TPSA) is 237 Å². The van der Waals surface area contributed by atoms with Crippen molar-refractivity contribution in [2.45, 2.75) is 490 Å². The minimum Gasteiger partial charge on any atom is -0.462 e. The lowest BCUT2D eigenvalue weighted by molar-refractivity contribution is -0.161. The van der Waals surface area contributed by atoms with Crippen molar-refractivity contribution < 1.29 is 80.2 Å². The third-order valence-electron chi connectivity index (χ3n) is 21.3. The Morgan fingerprint density at radius 1 is 0.291 bits per heavy atom. The smallest absolute Gasteiger partial charge is 0.462 e. The fourth-order valence-corrected chi connectivity index (χ4v) is 15.4. The van der Waals surface area contributed by atoms with Crippen molar-refractivity contribution in [3.63, 3.8) is 0 Å². The molecule has 0 aromatic heterocycles. The molecule has 0 radical (unpaired) electrons. The van der Waals surface area contributed by atoms with E-state index in [9.17, 15) is 43.2 Å². The summed E-state index contributed by atoms with van der Waals surface area (Å²) in [5, 5.41) is 10.7. The van der Waals surface area contributed by atoms with Gasteiger partial charge in [-0.15, -0.1) is 0 Å². The summed E-state index contributed by atoms with van der Waals surface area (Å²) >= 11 is 0. The van der Waals surface area contributed by atoms with E-state index in [2.05, 4.69) is 58.9 Å². The van der Waals surface area contributed by atoms with Crippen LogP contribution in [0.2, 0.25) is 0 Å². The molecule has 0 aliphatic heterocycles. The summed E-state index contributed by atoms with van der Waals surface area (Å²) in [6.45, 7) is 7.39. The van der Waals surface area contributed by atoms with Gasteiger partial charge in [0.1, 0.15) is 19.3 Å². The summed E-state index contributed by atoms with van der Waals surface area (Å²) in [5.74, 6) is -1.25. The molecule has 6 atom stereocenters. The van der Waals surface area contributed by atoms with Crippen molar-refractivity contribution in [2.24, 2.45) is 5.92 Å². The van der Waals surface area contributed by atoms with E-state index in [1.54, 1.807) is 0 Å². The normalized spacial score (nSPS) is 14.1. The Labute approximate surface area is 675 Å². The van der Waals surface area contributed by atoms with Gasteiger partial charge in [-0.2, -0.15) is 0 Å². The highest BCUT2D eigenvalue weighted by molar-refractivity contribution is 7.47. The first-order valence-electron chi connectivity index (χ1n) is 46.5. The van der Waals surface area contributed by atoms with Crippen LogP contribution in [0.3, 0.4) is 0 Å². The molecular weight excluding hydrogens is 1430 g/mol. The van der Waals surface area contributed by atoms with E-state index in [1.807, 2.05) is 0 Å². The predicted molar refractivity (Wildman–Crippen MR) is 455 cm³/mol. The third-order valence-corrected chi connectivity index (χ3v) is 23.2. The number of phosphoric ester groups is 2. The molecule has 0 saturated carbocycles. The molecule has 0 spiro atoms. The molecule has 0 bridgehead atoms. The molecule has 0 aliphatic carbocycles. The molecule has 0 aromatic rings. The highest BCUT2D eigenvalue weighted by Crippen LogP contribution is 2.45. The number of carbonyl (C=O) groups is 4. The first-order chi connectivity index (χ1) is 53.6. The number of aliphatic hydroxyl groups is 1. The molecule has 3 unspecified atom stereocenters. The Kier molecular flexibility index (Phi) is 81.2. The van der Waals surface area contributed by atoms with Crippen LogP contribution in [0.15, 0.2) is 24.3 Å².